The molecule has 2 aliphatic rings. The van der Waals surface area contributed by atoms with Crippen LogP contribution in [0.5, 0.6) is 0 Å². The van der Waals surface area contributed by atoms with Crippen molar-refractivity contribution in [3.8, 4) is 0 Å². The fourth-order valence-electron chi connectivity index (χ4n) is 4.22. The van der Waals surface area contributed by atoms with Crippen molar-refractivity contribution in [2.75, 3.05) is 19.6 Å². The van der Waals surface area contributed by atoms with Crippen molar-refractivity contribution in [3.05, 3.63) is 12.7 Å². The van der Waals surface area contributed by atoms with Gasteiger partial charge in [0.2, 0.25) is 5.91 Å². The van der Waals surface area contributed by atoms with Crippen molar-refractivity contribution in [1.82, 2.24) is 19.7 Å². The van der Waals surface area contributed by atoms with E-state index in [2.05, 4.69) is 15.0 Å². The summed E-state index contributed by atoms with van der Waals surface area (Å²) in [7, 11) is 0. The number of likely N-dealkylation sites (tertiary alicyclic amines) is 1. The minimum atomic E-state index is 0. The number of halogens is 2. The van der Waals surface area contributed by atoms with E-state index in [1.807, 2.05) is 4.68 Å². The van der Waals surface area contributed by atoms with Gasteiger partial charge in [0.15, 0.2) is 0 Å². The molecule has 1 unspecified atom stereocenters. The van der Waals surface area contributed by atoms with Gasteiger partial charge in [0.1, 0.15) is 12.7 Å². The van der Waals surface area contributed by atoms with Gasteiger partial charge in [-0.05, 0) is 43.6 Å². The first kappa shape index (κ1) is 22.2. The van der Waals surface area contributed by atoms with Crippen LogP contribution in [0.4, 0.5) is 0 Å². The van der Waals surface area contributed by atoms with Crippen LogP contribution in [0.3, 0.4) is 0 Å². The summed E-state index contributed by atoms with van der Waals surface area (Å²) in [5.41, 5.74) is 6.11. The van der Waals surface area contributed by atoms with Crippen molar-refractivity contribution >= 4 is 30.7 Å². The van der Waals surface area contributed by atoms with Gasteiger partial charge in [0, 0.05) is 26.1 Å². The van der Waals surface area contributed by atoms with E-state index in [0.29, 0.717) is 24.8 Å². The Labute approximate surface area is 162 Å². The molecule has 1 saturated heterocycles. The fraction of sp³-hybridized carbons (Fsp3) is 0.824. The molecule has 1 aliphatic heterocycles. The van der Waals surface area contributed by atoms with Crippen molar-refractivity contribution in [2.45, 2.75) is 57.9 Å². The minimum Gasteiger partial charge on any atom is -0.342 e. The van der Waals surface area contributed by atoms with Crippen LogP contribution in [-0.2, 0) is 11.3 Å². The number of hydrogen-bond donors (Lipinski definition) is 1. The minimum absolute atomic E-state index is 0. The number of rotatable bonds is 5. The van der Waals surface area contributed by atoms with E-state index in [9.17, 15) is 4.79 Å². The van der Waals surface area contributed by atoms with E-state index in [0.717, 1.165) is 45.3 Å². The van der Waals surface area contributed by atoms with Gasteiger partial charge in [-0.2, -0.15) is 5.10 Å². The molecule has 25 heavy (non-hydrogen) atoms. The van der Waals surface area contributed by atoms with E-state index in [1.54, 1.807) is 12.7 Å². The molecule has 0 aromatic carbocycles. The van der Waals surface area contributed by atoms with Crippen LogP contribution in [0.1, 0.15) is 51.4 Å². The second-order valence-corrected chi connectivity index (χ2v) is 7.41. The fourth-order valence-corrected chi connectivity index (χ4v) is 4.22. The third-order valence-electron chi connectivity index (χ3n) is 5.66. The largest absolute Gasteiger partial charge is 0.342 e. The lowest BCUT2D eigenvalue weighted by atomic mass is 9.71. The summed E-state index contributed by atoms with van der Waals surface area (Å²) in [5, 5.41) is 4.18. The number of aromatic nitrogens is 3. The summed E-state index contributed by atoms with van der Waals surface area (Å²) >= 11 is 0. The summed E-state index contributed by atoms with van der Waals surface area (Å²) in [6.45, 7) is 3.24. The lowest BCUT2D eigenvalue weighted by Gasteiger charge is -2.39. The molecular weight excluding hydrogens is 361 g/mol. The van der Waals surface area contributed by atoms with Gasteiger partial charge in [0.05, 0.1) is 0 Å². The SMILES string of the molecule is Cl.Cl.NCC1(CC(=O)N2CCCC(Cn3cncn3)C2)CCCCC1. The molecular formula is C17H31Cl2N5O. The highest BCUT2D eigenvalue weighted by Gasteiger charge is 2.35. The summed E-state index contributed by atoms with van der Waals surface area (Å²) in [4.78, 5) is 18.9. The molecule has 1 aliphatic carbocycles. The molecule has 2 N–H and O–H groups in total. The summed E-state index contributed by atoms with van der Waals surface area (Å²) in [5.74, 6) is 0.787. The zero-order valence-corrected chi connectivity index (χ0v) is 16.4. The van der Waals surface area contributed by atoms with E-state index in [-0.39, 0.29) is 30.2 Å². The quantitative estimate of drug-likeness (QED) is 0.836. The number of carbonyl (C=O) groups is 1. The number of carbonyl (C=O) groups excluding carboxylic acids is 1. The molecule has 144 valence electrons. The van der Waals surface area contributed by atoms with E-state index in [1.165, 1.54) is 19.3 Å². The van der Waals surface area contributed by atoms with Crippen molar-refractivity contribution in [3.63, 3.8) is 0 Å². The highest BCUT2D eigenvalue weighted by Crippen LogP contribution is 2.39. The van der Waals surface area contributed by atoms with Crippen LogP contribution in [0, 0.1) is 11.3 Å². The lowest BCUT2D eigenvalue weighted by molar-refractivity contribution is -0.136. The smallest absolute Gasteiger partial charge is 0.223 e. The Hall–Kier alpha value is -0.850. The van der Waals surface area contributed by atoms with Gasteiger partial charge in [-0.3, -0.25) is 9.48 Å². The van der Waals surface area contributed by atoms with E-state index >= 15 is 0 Å². The molecule has 1 amide bonds. The van der Waals surface area contributed by atoms with Crippen molar-refractivity contribution in [2.24, 2.45) is 17.1 Å². The average molecular weight is 392 g/mol. The maximum absolute atomic E-state index is 12.8. The normalized spacial score (nSPS) is 22.6. The molecule has 0 bridgehead atoms. The van der Waals surface area contributed by atoms with Gasteiger partial charge in [-0.25, -0.2) is 4.98 Å². The maximum Gasteiger partial charge on any atom is 0.223 e. The van der Waals surface area contributed by atoms with Gasteiger partial charge in [-0.1, -0.05) is 19.3 Å². The van der Waals surface area contributed by atoms with Crippen LogP contribution >= 0.6 is 24.8 Å². The summed E-state index contributed by atoms with van der Waals surface area (Å²) < 4.78 is 1.88. The standard InChI is InChI=1S/C17H29N5O.2ClH/c18-12-17(6-2-1-3-7-17)9-16(23)21-8-4-5-15(10-21)11-22-14-19-13-20-22;;/h13-15H,1-12,18H2;2*1H. The first-order chi connectivity index (χ1) is 11.2. The molecule has 6 nitrogen and oxygen atoms in total. The number of nitrogens with zero attached hydrogens (tertiary/aromatic N) is 4. The molecule has 2 fully saturated rings. The molecule has 0 spiro atoms. The Bertz CT molecular complexity index is 505. The van der Waals surface area contributed by atoms with Crippen LogP contribution in [0.25, 0.3) is 0 Å². The Morgan fingerprint density at radius 2 is 1.96 bits per heavy atom. The second kappa shape index (κ2) is 10.3. The van der Waals surface area contributed by atoms with Crippen LogP contribution < -0.4 is 5.73 Å². The monoisotopic (exact) mass is 391 g/mol. The van der Waals surface area contributed by atoms with Gasteiger partial charge < -0.3 is 10.6 Å². The zero-order chi connectivity index (χ0) is 16.1. The predicted octanol–water partition coefficient (Wildman–Crippen LogP) is 2.66. The summed E-state index contributed by atoms with van der Waals surface area (Å²) in [6.07, 6.45) is 12.2. The zero-order valence-electron chi connectivity index (χ0n) is 14.8. The highest BCUT2D eigenvalue weighted by atomic mass is 35.5. The predicted molar refractivity (Wildman–Crippen MR) is 103 cm³/mol. The Morgan fingerprint density at radius 3 is 2.60 bits per heavy atom. The molecule has 1 atom stereocenters. The number of hydrogen-bond acceptors (Lipinski definition) is 4. The van der Waals surface area contributed by atoms with Gasteiger partial charge in [0.25, 0.3) is 0 Å². The molecule has 1 saturated carbocycles. The number of amides is 1. The Balaban J connectivity index is 0.00000156. The van der Waals surface area contributed by atoms with E-state index in [4.69, 9.17) is 5.73 Å². The first-order valence-electron chi connectivity index (χ1n) is 9.01. The van der Waals surface area contributed by atoms with Crippen molar-refractivity contribution < 1.29 is 4.79 Å². The third-order valence-corrected chi connectivity index (χ3v) is 5.66. The second-order valence-electron chi connectivity index (χ2n) is 7.41. The van der Waals surface area contributed by atoms with Crippen molar-refractivity contribution in [1.29, 1.82) is 0 Å². The number of piperidine rings is 1. The Morgan fingerprint density at radius 1 is 1.20 bits per heavy atom. The highest BCUT2D eigenvalue weighted by molar-refractivity contribution is 5.85. The molecule has 1 aromatic heterocycles. The van der Waals surface area contributed by atoms with Gasteiger partial charge >= 0.3 is 0 Å². The molecule has 2 heterocycles. The van der Waals surface area contributed by atoms with Crippen LogP contribution in [-0.4, -0.2) is 45.2 Å². The Kier molecular flexibility index (Phi) is 9.17. The molecule has 0 radical (unpaired) electrons. The lowest BCUT2D eigenvalue weighted by Crippen LogP contribution is -2.45. The first-order valence-corrected chi connectivity index (χ1v) is 9.01. The van der Waals surface area contributed by atoms with Crippen LogP contribution in [0.2, 0.25) is 0 Å². The molecule has 1 aromatic rings. The maximum atomic E-state index is 12.8. The summed E-state index contributed by atoms with van der Waals surface area (Å²) in [6, 6.07) is 0. The molecule has 8 heteroatoms. The average Bonchev–Trinajstić information content (AvgIpc) is 3.09. The van der Waals surface area contributed by atoms with Gasteiger partial charge in [-0.15, -0.1) is 24.8 Å². The number of nitrogens with two attached hydrogens (primary N) is 1. The topological polar surface area (TPSA) is 77.0 Å². The third kappa shape index (κ3) is 5.83. The van der Waals surface area contributed by atoms with Crippen LogP contribution in [0.15, 0.2) is 12.7 Å². The molecule has 3 rings (SSSR count). The van der Waals surface area contributed by atoms with E-state index < -0.39 is 0 Å².